The fourth-order valence-electron chi connectivity index (χ4n) is 2.06. The van der Waals surface area contributed by atoms with Gasteiger partial charge in [-0.2, -0.15) is 0 Å². The first-order valence-electron chi connectivity index (χ1n) is 6.76. The van der Waals surface area contributed by atoms with Crippen molar-refractivity contribution < 1.29 is 13.9 Å². The van der Waals surface area contributed by atoms with Crippen molar-refractivity contribution >= 4 is 5.91 Å². The van der Waals surface area contributed by atoms with Gasteiger partial charge in [-0.1, -0.05) is 24.3 Å². The fraction of sp³-hybridized carbons (Fsp3) is 0.235. The van der Waals surface area contributed by atoms with E-state index in [0.29, 0.717) is 0 Å². The number of carbonyl (C=O) groups is 1. The summed E-state index contributed by atoms with van der Waals surface area (Å²) in [7, 11) is 1.61. The highest BCUT2D eigenvalue weighted by Gasteiger charge is 2.10. The van der Waals surface area contributed by atoms with Gasteiger partial charge in [0.05, 0.1) is 19.6 Å². The molecular formula is C17H18FNO2. The minimum atomic E-state index is -0.300. The van der Waals surface area contributed by atoms with Crippen molar-refractivity contribution in [2.75, 3.05) is 7.11 Å². The van der Waals surface area contributed by atoms with E-state index >= 15 is 0 Å². The van der Waals surface area contributed by atoms with E-state index in [1.54, 1.807) is 19.2 Å². The second-order valence-corrected chi connectivity index (χ2v) is 4.87. The van der Waals surface area contributed by atoms with Gasteiger partial charge in [0.2, 0.25) is 5.91 Å². The minimum absolute atomic E-state index is 0.0927. The number of rotatable bonds is 5. The smallest absolute Gasteiger partial charge is 0.224 e. The van der Waals surface area contributed by atoms with E-state index in [9.17, 15) is 9.18 Å². The largest absolute Gasteiger partial charge is 0.497 e. The highest BCUT2D eigenvalue weighted by molar-refractivity contribution is 5.79. The van der Waals surface area contributed by atoms with Gasteiger partial charge in [-0.25, -0.2) is 4.39 Å². The highest BCUT2D eigenvalue weighted by Crippen LogP contribution is 2.17. The third-order valence-electron chi connectivity index (χ3n) is 3.27. The van der Waals surface area contributed by atoms with Crippen molar-refractivity contribution in [3.05, 3.63) is 65.5 Å². The van der Waals surface area contributed by atoms with Crippen LogP contribution in [0.15, 0.2) is 48.5 Å². The number of nitrogens with one attached hydrogen (secondary N) is 1. The van der Waals surface area contributed by atoms with Gasteiger partial charge in [0.1, 0.15) is 11.6 Å². The van der Waals surface area contributed by atoms with Crippen LogP contribution in [0.2, 0.25) is 0 Å². The average Bonchev–Trinajstić information content (AvgIpc) is 2.49. The summed E-state index contributed by atoms with van der Waals surface area (Å²) in [4.78, 5) is 12.0. The Morgan fingerprint density at radius 2 is 1.76 bits per heavy atom. The number of ether oxygens (including phenoxy) is 1. The molecule has 0 aliphatic carbocycles. The number of hydrogen-bond donors (Lipinski definition) is 1. The van der Waals surface area contributed by atoms with E-state index in [0.717, 1.165) is 16.9 Å². The van der Waals surface area contributed by atoms with Crippen LogP contribution >= 0.6 is 0 Å². The van der Waals surface area contributed by atoms with Crippen molar-refractivity contribution in [1.82, 2.24) is 5.32 Å². The van der Waals surface area contributed by atoms with Crippen molar-refractivity contribution in [3.63, 3.8) is 0 Å². The second kappa shape index (κ2) is 6.88. The molecular weight excluding hydrogens is 269 g/mol. The van der Waals surface area contributed by atoms with Crippen molar-refractivity contribution in [3.8, 4) is 5.75 Å². The molecule has 0 aliphatic rings. The lowest BCUT2D eigenvalue weighted by Crippen LogP contribution is -2.28. The number of methoxy groups -OCH3 is 1. The molecule has 0 saturated carbocycles. The number of hydrogen-bond acceptors (Lipinski definition) is 2. The standard InChI is InChI=1S/C17H18FNO2/c1-12(14-5-9-16(21-2)10-6-14)19-17(20)11-13-3-7-15(18)8-4-13/h3-10,12H,11H2,1-2H3,(H,19,20). The Morgan fingerprint density at radius 1 is 1.14 bits per heavy atom. The molecule has 0 saturated heterocycles. The van der Waals surface area contributed by atoms with Crippen LogP contribution in [0.5, 0.6) is 5.75 Å². The zero-order valence-electron chi connectivity index (χ0n) is 12.1. The van der Waals surface area contributed by atoms with E-state index in [-0.39, 0.29) is 24.2 Å². The van der Waals surface area contributed by atoms with E-state index in [1.165, 1.54) is 12.1 Å². The first-order chi connectivity index (χ1) is 10.1. The molecule has 0 heterocycles. The summed E-state index contributed by atoms with van der Waals surface area (Å²) >= 11 is 0. The summed E-state index contributed by atoms with van der Waals surface area (Å²) in [6.07, 6.45) is 0.237. The van der Waals surface area contributed by atoms with Crippen molar-refractivity contribution in [2.24, 2.45) is 0 Å². The van der Waals surface area contributed by atoms with Gasteiger partial charge >= 0.3 is 0 Å². The van der Waals surface area contributed by atoms with Gasteiger partial charge in [-0.15, -0.1) is 0 Å². The molecule has 2 rings (SSSR count). The molecule has 2 aromatic carbocycles. The first-order valence-corrected chi connectivity index (χ1v) is 6.76. The Kier molecular flexibility index (Phi) is 4.93. The van der Waals surface area contributed by atoms with Crippen LogP contribution in [-0.4, -0.2) is 13.0 Å². The lowest BCUT2D eigenvalue weighted by atomic mass is 10.1. The molecule has 110 valence electrons. The maximum atomic E-state index is 12.8. The van der Waals surface area contributed by atoms with Crippen LogP contribution in [-0.2, 0) is 11.2 Å². The average molecular weight is 287 g/mol. The summed E-state index contributed by atoms with van der Waals surface area (Å²) in [5.41, 5.74) is 1.79. The van der Waals surface area contributed by atoms with Crippen molar-refractivity contribution in [2.45, 2.75) is 19.4 Å². The second-order valence-electron chi connectivity index (χ2n) is 4.87. The van der Waals surface area contributed by atoms with E-state index < -0.39 is 0 Å². The van der Waals surface area contributed by atoms with Crippen LogP contribution in [0, 0.1) is 5.82 Å². The Morgan fingerprint density at radius 3 is 2.33 bits per heavy atom. The molecule has 1 amide bonds. The summed E-state index contributed by atoms with van der Waals surface area (Å²) < 4.78 is 17.9. The van der Waals surface area contributed by atoms with Gasteiger partial charge in [0, 0.05) is 0 Å². The van der Waals surface area contributed by atoms with Crippen molar-refractivity contribution in [1.29, 1.82) is 0 Å². The lowest BCUT2D eigenvalue weighted by Gasteiger charge is -2.15. The van der Waals surface area contributed by atoms with E-state index in [1.807, 2.05) is 31.2 Å². The number of benzene rings is 2. The third-order valence-corrected chi connectivity index (χ3v) is 3.27. The zero-order chi connectivity index (χ0) is 15.2. The first kappa shape index (κ1) is 15.0. The molecule has 0 radical (unpaired) electrons. The Labute approximate surface area is 123 Å². The molecule has 0 aliphatic heterocycles. The topological polar surface area (TPSA) is 38.3 Å². The maximum absolute atomic E-state index is 12.8. The summed E-state index contributed by atoms with van der Waals surface area (Å²) in [5.74, 6) is 0.388. The number of amides is 1. The van der Waals surface area contributed by atoms with Crippen LogP contribution < -0.4 is 10.1 Å². The highest BCUT2D eigenvalue weighted by atomic mass is 19.1. The molecule has 1 atom stereocenters. The van der Waals surface area contributed by atoms with Crippen LogP contribution in [0.4, 0.5) is 4.39 Å². The van der Waals surface area contributed by atoms with E-state index in [4.69, 9.17) is 4.74 Å². The predicted molar refractivity (Wildman–Crippen MR) is 79.7 cm³/mol. The van der Waals surface area contributed by atoms with Gasteiger partial charge in [0.15, 0.2) is 0 Å². The van der Waals surface area contributed by atoms with E-state index in [2.05, 4.69) is 5.32 Å². The molecule has 4 heteroatoms. The quantitative estimate of drug-likeness (QED) is 0.916. The normalized spacial score (nSPS) is 11.8. The van der Waals surface area contributed by atoms with Crippen LogP contribution in [0.25, 0.3) is 0 Å². The Bertz CT molecular complexity index is 593. The molecule has 1 unspecified atom stereocenters. The van der Waals surface area contributed by atoms with Gasteiger partial charge in [-0.3, -0.25) is 4.79 Å². The Balaban J connectivity index is 1.93. The molecule has 2 aromatic rings. The number of halogens is 1. The summed E-state index contributed by atoms with van der Waals surface area (Å²) in [6.45, 7) is 1.92. The molecule has 21 heavy (non-hydrogen) atoms. The minimum Gasteiger partial charge on any atom is -0.497 e. The SMILES string of the molecule is COc1ccc(C(C)NC(=O)Cc2ccc(F)cc2)cc1. The van der Waals surface area contributed by atoms with Crippen LogP contribution in [0.1, 0.15) is 24.1 Å². The zero-order valence-corrected chi connectivity index (χ0v) is 12.1. The van der Waals surface area contributed by atoms with Crippen LogP contribution in [0.3, 0.4) is 0 Å². The fourth-order valence-corrected chi connectivity index (χ4v) is 2.06. The molecule has 3 nitrogen and oxygen atoms in total. The van der Waals surface area contributed by atoms with Gasteiger partial charge in [0.25, 0.3) is 0 Å². The molecule has 0 bridgehead atoms. The lowest BCUT2D eigenvalue weighted by molar-refractivity contribution is -0.121. The molecule has 1 N–H and O–H groups in total. The maximum Gasteiger partial charge on any atom is 0.224 e. The third kappa shape index (κ3) is 4.31. The summed E-state index contributed by atoms with van der Waals surface area (Å²) in [6, 6.07) is 13.4. The molecule has 0 fully saturated rings. The molecule has 0 spiro atoms. The predicted octanol–water partition coefficient (Wildman–Crippen LogP) is 3.25. The molecule has 0 aromatic heterocycles. The van der Waals surface area contributed by atoms with Gasteiger partial charge < -0.3 is 10.1 Å². The number of carbonyl (C=O) groups excluding carboxylic acids is 1. The van der Waals surface area contributed by atoms with Gasteiger partial charge in [-0.05, 0) is 42.3 Å². The summed E-state index contributed by atoms with van der Waals surface area (Å²) in [5, 5.41) is 2.92. The monoisotopic (exact) mass is 287 g/mol. The Hall–Kier alpha value is -2.36.